The van der Waals surface area contributed by atoms with E-state index >= 15 is 0 Å². The largest absolute Gasteiger partial charge is 0.379 e. The first-order valence-corrected chi connectivity index (χ1v) is 8.95. The molecule has 1 aromatic carbocycles. The average molecular weight is 371 g/mol. The van der Waals surface area contributed by atoms with Gasteiger partial charge in [-0.25, -0.2) is 4.39 Å². The van der Waals surface area contributed by atoms with Crippen LogP contribution in [0.25, 0.3) is 11.0 Å². The van der Waals surface area contributed by atoms with Gasteiger partial charge in [-0.3, -0.25) is 9.58 Å². The number of halogens is 1. The number of anilines is 3. The zero-order valence-corrected chi connectivity index (χ0v) is 15.2. The van der Waals surface area contributed by atoms with E-state index in [1.807, 2.05) is 7.05 Å². The highest BCUT2D eigenvalue weighted by molar-refractivity contribution is 5.89. The van der Waals surface area contributed by atoms with Crippen LogP contribution in [0.3, 0.4) is 0 Å². The van der Waals surface area contributed by atoms with Gasteiger partial charge in [0.25, 0.3) is 0 Å². The molecule has 0 bridgehead atoms. The molecule has 0 saturated carbocycles. The molecule has 1 aliphatic heterocycles. The molecular weight excluding hydrogens is 349 g/mol. The third-order valence-corrected chi connectivity index (χ3v) is 4.51. The number of benzene rings is 1. The molecule has 1 aliphatic rings. The molecule has 0 spiro atoms. The maximum atomic E-state index is 13.2. The van der Waals surface area contributed by atoms with Crippen molar-refractivity contribution in [2.45, 2.75) is 0 Å². The summed E-state index contributed by atoms with van der Waals surface area (Å²) in [7, 11) is 1.84. The Labute approximate surface area is 156 Å². The van der Waals surface area contributed by atoms with Crippen molar-refractivity contribution >= 4 is 28.5 Å². The summed E-state index contributed by atoms with van der Waals surface area (Å²) in [4.78, 5) is 11.5. The molecule has 0 amide bonds. The lowest BCUT2D eigenvalue weighted by Crippen LogP contribution is -2.39. The van der Waals surface area contributed by atoms with Crippen LogP contribution in [0.15, 0.2) is 30.5 Å². The molecule has 1 fully saturated rings. The molecule has 0 aliphatic carbocycles. The summed E-state index contributed by atoms with van der Waals surface area (Å²) < 4.78 is 20.2. The number of hydrogen-bond acceptors (Lipinski definition) is 7. The third kappa shape index (κ3) is 4.15. The molecule has 0 radical (unpaired) electrons. The lowest BCUT2D eigenvalue weighted by molar-refractivity contribution is 0.0398. The topological polar surface area (TPSA) is 80.1 Å². The zero-order chi connectivity index (χ0) is 18.6. The Balaban J connectivity index is 1.52. The van der Waals surface area contributed by atoms with E-state index in [0.717, 1.165) is 56.1 Å². The van der Waals surface area contributed by atoms with E-state index in [0.29, 0.717) is 11.8 Å². The molecule has 27 heavy (non-hydrogen) atoms. The molecule has 8 nitrogen and oxygen atoms in total. The number of fused-ring (bicyclic) bond motifs is 1. The molecule has 9 heteroatoms. The van der Waals surface area contributed by atoms with Gasteiger partial charge in [-0.1, -0.05) is 0 Å². The molecule has 0 atom stereocenters. The highest BCUT2D eigenvalue weighted by atomic mass is 19.1. The Morgan fingerprint density at radius 1 is 1.15 bits per heavy atom. The average Bonchev–Trinajstić information content (AvgIpc) is 3.06. The maximum Gasteiger partial charge on any atom is 0.226 e. The molecule has 2 N–H and O–H groups in total. The van der Waals surface area contributed by atoms with Gasteiger partial charge in [-0.15, -0.1) is 0 Å². The quantitative estimate of drug-likeness (QED) is 0.686. The van der Waals surface area contributed by atoms with Gasteiger partial charge in [-0.05, 0) is 24.3 Å². The van der Waals surface area contributed by atoms with Gasteiger partial charge in [0.05, 0.1) is 24.8 Å². The number of morpholine rings is 1. The number of aromatic nitrogens is 4. The van der Waals surface area contributed by atoms with Gasteiger partial charge in [0.1, 0.15) is 11.6 Å². The zero-order valence-electron chi connectivity index (χ0n) is 15.2. The Kier molecular flexibility index (Phi) is 5.12. The van der Waals surface area contributed by atoms with Crippen LogP contribution >= 0.6 is 0 Å². The number of rotatable bonds is 6. The number of aryl methyl sites for hydroxylation is 1. The summed E-state index contributed by atoms with van der Waals surface area (Å²) in [6.45, 7) is 5.09. The van der Waals surface area contributed by atoms with Crippen LogP contribution in [-0.4, -0.2) is 64.0 Å². The van der Waals surface area contributed by atoms with Crippen molar-refractivity contribution in [3.8, 4) is 0 Å². The summed E-state index contributed by atoms with van der Waals surface area (Å²) >= 11 is 0. The molecule has 0 unspecified atom stereocenters. The minimum Gasteiger partial charge on any atom is -0.379 e. The summed E-state index contributed by atoms with van der Waals surface area (Å²) in [6.07, 6.45) is 1.72. The fourth-order valence-corrected chi connectivity index (χ4v) is 3.02. The molecular formula is C18H22FN7O. The van der Waals surface area contributed by atoms with Crippen LogP contribution in [0.5, 0.6) is 0 Å². The first kappa shape index (κ1) is 17.6. The van der Waals surface area contributed by atoms with E-state index in [9.17, 15) is 4.39 Å². The number of nitrogens with zero attached hydrogens (tertiary/aromatic N) is 5. The van der Waals surface area contributed by atoms with Crippen LogP contribution < -0.4 is 10.6 Å². The number of nitrogens with one attached hydrogen (secondary N) is 2. The molecule has 4 rings (SSSR count). The van der Waals surface area contributed by atoms with Crippen molar-refractivity contribution in [2.24, 2.45) is 7.05 Å². The fourth-order valence-electron chi connectivity index (χ4n) is 3.02. The van der Waals surface area contributed by atoms with Gasteiger partial charge in [0.15, 0.2) is 5.65 Å². The molecule has 3 heterocycles. The van der Waals surface area contributed by atoms with Crippen molar-refractivity contribution < 1.29 is 9.13 Å². The standard InChI is InChI=1S/C18H22FN7O/c1-25-17-15(12-21-25)16(22-14-4-2-13(19)3-5-14)23-18(24-17)20-6-7-26-8-10-27-11-9-26/h2-5,12H,6-11H2,1H3,(H2,20,22,23,24). The maximum absolute atomic E-state index is 13.2. The van der Waals surface area contributed by atoms with E-state index in [1.54, 1.807) is 23.0 Å². The summed E-state index contributed by atoms with van der Waals surface area (Å²) in [5.74, 6) is 0.887. The highest BCUT2D eigenvalue weighted by Crippen LogP contribution is 2.24. The molecule has 142 valence electrons. The van der Waals surface area contributed by atoms with Crippen LogP contribution in [0.2, 0.25) is 0 Å². The van der Waals surface area contributed by atoms with Gasteiger partial charge >= 0.3 is 0 Å². The smallest absolute Gasteiger partial charge is 0.226 e. The fraction of sp³-hybridized carbons (Fsp3) is 0.389. The second-order valence-corrected chi connectivity index (χ2v) is 6.41. The van der Waals surface area contributed by atoms with E-state index in [1.165, 1.54) is 12.1 Å². The minimum absolute atomic E-state index is 0.278. The summed E-state index contributed by atoms with van der Waals surface area (Å²) in [5, 5.41) is 11.6. The van der Waals surface area contributed by atoms with Crippen molar-refractivity contribution in [1.29, 1.82) is 0 Å². The lowest BCUT2D eigenvalue weighted by Gasteiger charge is -2.26. The van der Waals surface area contributed by atoms with Crippen LogP contribution in [-0.2, 0) is 11.8 Å². The van der Waals surface area contributed by atoms with Gasteiger partial charge in [-0.2, -0.15) is 15.1 Å². The van der Waals surface area contributed by atoms with Crippen molar-refractivity contribution in [2.75, 3.05) is 50.0 Å². The van der Waals surface area contributed by atoms with E-state index in [2.05, 4.69) is 30.6 Å². The van der Waals surface area contributed by atoms with Crippen LogP contribution in [0.4, 0.5) is 21.8 Å². The van der Waals surface area contributed by atoms with Gasteiger partial charge in [0, 0.05) is 38.9 Å². The summed E-state index contributed by atoms with van der Waals surface area (Å²) in [6, 6.07) is 6.16. The Hall–Kier alpha value is -2.78. The monoisotopic (exact) mass is 371 g/mol. The van der Waals surface area contributed by atoms with Crippen LogP contribution in [0, 0.1) is 5.82 Å². The highest BCUT2D eigenvalue weighted by Gasteiger charge is 2.13. The van der Waals surface area contributed by atoms with Gasteiger partial charge in [0.2, 0.25) is 5.95 Å². The van der Waals surface area contributed by atoms with Crippen LogP contribution in [0.1, 0.15) is 0 Å². The second kappa shape index (κ2) is 7.85. The van der Waals surface area contributed by atoms with Crippen molar-refractivity contribution in [3.63, 3.8) is 0 Å². The Morgan fingerprint density at radius 2 is 1.93 bits per heavy atom. The van der Waals surface area contributed by atoms with Crippen molar-refractivity contribution in [1.82, 2.24) is 24.6 Å². The normalized spacial score (nSPS) is 15.2. The number of hydrogen-bond donors (Lipinski definition) is 2. The van der Waals surface area contributed by atoms with E-state index in [-0.39, 0.29) is 5.82 Å². The SMILES string of the molecule is Cn1ncc2c(Nc3ccc(F)cc3)nc(NCCN3CCOCC3)nc21. The van der Waals surface area contributed by atoms with E-state index < -0.39 is 0 Å². The molecule has 3 aromatic rings. The Morgan fingerprint density at radius 3 is 2.70 bits per heavy atom. The minimum atomic E-state index is -0.278. The predicted octanol–water partition coefficient (Wildman–Crippen LogP) is 1.99. The molecule has 2 aromatic heterocycles. The Bertz CT molecular complexity index is 906. The first-order chi connectivity index (χ1) is 13.2. The first-order valence-electron chi connectivity index (χ1n) is 8.95. The predicted molar refractivity (Wildman–Crippen MR) is 102 cm³/mol. The summed E-state index contributed by atoms with van der Waals surface area (Å²) in [5.41, 5.74) is 1.48. The van der Waals surface area contributed by atoms with E-state index in [4.69, 9.17) is 4.74 Å². The van der Waals surface area contributed by atoms with Gasteiger partial charge < -0.3 is 15.4 Å². The third-order valence-electron chi connectivity index (χ3n) is 4.51. The second-order valence-electron chi connectivity index (χ2n) is 6.41. The lowest BCUT2D eigenvalue weighted by atomic mass is 10.3. The molecule has 1 saturated heterocycles. The number of ether oxygens (including phenoxy) is 1. The van der Waals surface area contributed by atoms with Crippen molar-refractivity contribution in [3.05, 3.63) is 36.3 Å².